The van der Waals surface area contributed by atoms with Crippen molar-refractivity contribution in [3.8, 4) is 11.1 Å². The molecule has 0 bridgehead atoms. The number of aldehydes is 1. The molecular weight excluding hydrogens is 276 g/mol. The lowest BCUT2D eigenvalue weighted by atomic mass is 9.93. The van der Waals surface area contributed by atoms with Crippen LogP contribution in [0.15, 0.2) is 48.5 Å². The van der Waals surface area contributed by atoms with Crippen molar-refractivity contribution < 1.29 is 14.3 Å². The van der Waals surface area contributed by atoms with Crippen molar-refractivity contribution in [3.05, 3.63) is 59.7 Å². The van der Waals surface area contributed by atoms with Gasteiger partial charge in [-0.2, -0.15) is 0 Å². The number of carbonyl (C=O) groups excluding carboxylic acids is 2. The third-order valence-electron chi connectivity index (χ3n) is 4.21. The molecule has 1 saturated carbocycles. The fourth-order valence-electron chi connectivity index (χ4n) is 2.78. The molecule has 0 heterocycles. The number of carbonyl (C=O) groups is 2. The van der Waals surface area contributed by atoms with Gasteiger partial charge in [0.1, 0.15) is 6.29 Å². The zero-order chi connectivity index (χ0) is 15.6. The van der Waals surface area contributed by atoms with Gasteiger partial charge in [0.2, 0.25) is 0 Å². The minimum Gasteiger partial charge on any atom is -0.465 e. The first-order valence-electron chi connectivity index (χ1n) is 7.53. The first-order valence-corrected chi connectivity index (χ1v) is 7.53. The molecule has 0 spiro atoms. The van der Waals surface area contributed by atoms with E-state index < -0.39 is 5.41 Å². The lowest BCUT2D eigenvalue weighted by molar-refractivity contribution is -0.146. The molecule has 0 radical (unpaired) electrons. The van der Waals surface area contributed by atoms with Gasteiger partial charge < -0.3 is 4.74 Å². The van der Waals surface area contributed by atoms with Crippen molar-refractivity contribution in [1.29, 1.82) is 0 Å². The van der Waals surface area contributed by atoms with E-state index in [0.29, 0.717) is 12.2 Å². The number of rotatable bonds is 5. The van der Waals surface area contributed by atoms with Crippen LogP contribution in [0.2, 0.25) is 0 Å². The quantitative estimate of drug-likeness (QED) is 0.623. The molecule has 0 aliphatic heterocycles. The molecule has 2 aromatic rings. The summed E-state index contributed by atoms with van der Waals surface area (Å²) in [4.78, 5) is 23.0. The summed E-state index contributed by atoms with van der Waals surface area (Å²) in [6.07, 6.45) is 2.55. The monoisotopic (exact) mass is 294 g/mol. The van der Waals surface area contributed by atoms with Crippen molar-refractivity contribution >= 4 is 12.3 Å². The van der Waals surface area contributed by atoms with Crippen LogP contribution in [-0.2, 0) is 14.9 Å². The lowest BCUT2D eigenvalue weighted by Gasteiger charge is -2.14. The second-order valence-electron chi connectivity index (χ2n) is 5.62. The minimum absolute atomic E-state index is 0.120. The van der Waals surface area contributed by atoms with Crippen molar-refractivity contribution in [2.45, 2.75) is 25.2 Å². The Balaban J connectivity index is 1.87. The van der Waals surface area contributed by atoms with Crippen LogP contribution in [0, 0.1) is 0 Å². The Morgan fingerprint density at radius 1 is 1.14 bits per heavy atom. The molecule has 0 N–H and O–H groups in total. The molecule has 1 aliphatic carbocycles. The summed E-state index contributed by atoms with van der Waals surface area (Å²) < 4.78 is 5.19. The number of hydrogen-bond acceptors (Lipinski definition) is 3. The van der Waals surface area contributed by atoms with E-state index in [1.165, 1.54) is 0 Å². The van der Waals surface area contributed by atoms with Gasteiger partial charge in [-0.15, -0.1) is 0 Å². The number of benzene rings is 2. The van der Waals surface area contributed by atoms with Crippen LogP contribution < -0.4 is 0 Å². The maximum Gasteiger partial charge on any atom is 0.316 e. The summed E-state index contributed by atoms with van der Waals surface area (Å²) >= 11 is 0. The molecule has 3 heteroatoms. The number of hydrogen-bond donors (Lipinski definition) is 0. The second kappa shape index (κ2) is 5.76. The normalized spacial score (nSPS) is 15.1. The summed E-state index contributed by atoms with van der Waals surface area (Å²) in [5, 5.41) is 0. The Morgan fingerprint density at radius 2 is 1.86 bits per heavy atom. The molecule has 3 nitrogen and oxygen atoms in total. The Labute approximate surface area is 129 Å². The fraction of sp³-hybridized carbons (Fsp3) is 0.263. The number of esters is 1. The molecule has 1 aliphatic rings. The van der Waals surface area contributed by atoms with Gasteiger partial charge in [-0.3, -0.25) is 9.59 Å². The topological polar surface area (TPSA) is 43.4 Å². The summed E-state index contributed by atoms with van der Waals surface area (Å²) in [7, 11) is 0. The van der Waals surface area contributed by atoms with Gasteiger partial charge in [-0.1, -0.05) is 42.5 Å². The maximum atomic E-state index is 12.1. The maximum absolute atomic E-state index is 12.1. The summed E-state index contributed by atoms with van der Waals surface area (Å²) in [6, 6.07) is 15.5. The van der Waals surface area contributed by atoms with Gasteiger partial charge in [-0.05, 0) is 42.5 Å². The van der Waals surface area contributed by atoms with Crippen molar-refractivity contribution in [1.82, 2.24) is 0 Å². The van der Waals surface area contributed by atoms with E-state index in [0.717, 1.165) is 35.8 Å². The first kappa shape index (κ1) is 14.5. The van der Waals surface area contributed by atoms with Crippen LogP contribution in [0.25, 0.3) is 11.1 Å². The van der Waals surface area contributed by atoms with Gasteiger partial charge in [0.15, 0.2) is 0 Å². The van der Waals surface area contributed by atoms with E-state index in [9.17, 15) is 9.59 Å². The Bertz CT molecular complexity index is 697. The van der Waals surface area contributed by atoms with Crippen molar-refractivity contribution in [2.24, 2.45) is 0 Å². The highest BCUT2D eigenvalue weighted by atomic mass is 16.5. The Kier molecular flexibility index (Phi) is 3.80. The van der Waals surface area contributed by atoms with Crippen LogP contribution in [0.4, 0.5) is 0 Å². The molecule has 22 heavy (non-hydrogen) atoms. The van der Waals surface area contributed by atoms with E-state index >= 15 is 0 Å². The summed E-state index contributed by atoms with van der Waals surface area (Å²) in [5.41, 5.74) is 3.27. The third-order valence-corrected chi connectivity index (χ3v) is 4.21. The van der Waals surface area contributed by atoms with E-state index in [2.05, 4.69) is 0 Å². The lowest BCUT2D eigenvalue weighted by Crippen LogP contribution is -2.23. The zero-order valence-electron chi connectivity index (χ0n) is 12.5. The molecule has 0 aromatic heterocycles. The predicted octanol–water partition coefficient (Wildman–Crippen LogP) is 3.76. The minimum atomic E-state index is -0.431. The second-order valence-corrected chi connectivity index (χ2v) is 5.62. The van der Waals surface area contributed by atoms with Gasteiger partial charge in [-0.25, -0.2) is 0 Å². The van der Waals surface area contributed by atoms with Gasteiger partial charge >= 0.3 is 5.97 Å². The van der Waals surface area contributed by atoms with E-state index in [-0.39, 0.29) is 5.97 Å². The first-order chi connectivity index (χ1) is 10.7. The predicted molar refractivity (Wildman–Crippen MR) is 84.8 cm³/mol. The standard InChI is InChI=1S/C19H18O3/c1-2-22-18(21)19(10-11-19)17-8-6-15(7-9-17)16-5-3-4-14(12-16)13-20/h3-9,12-13H,2,10-11H2,1H3. The molecular formula is C19H18O3. The van der Waals surface area contributed by atoms with Crippen molar-refractivity contribution in [3.63, 3.8) is 0 Å². The number of ether oxygens (including phenoxy) is 1. The SMILES string of the molecule is CCOC(=O)C1(c2ccc(-c3cccc(C=O)c3)cc2)CC1. The highest BCUT2D eigenvalue weighted by molar-refractivity contribution is 5.87. The molecule has 1 fully saturated rings. The van der Waals surface area contributed by atoms with Gasteiger partial charge in [0.05, 0.1) is 12.0 Å². The van der Waals surface area contributed by atoms with Gasteiger partial charge in [0.25, 0.3) is 0 Å². The van der Waals surface area contributed by atoms with Crippen LogP contribution in [-0.4, -0.2) is 18.9 Å². The molecule has 112 valence electrons. The molecule has 0 unspecified atom stereocenters. The Hall–Kier alpha value is -2.42. The van der Waals surface area contributed by atoms with E-state index in [1.807, 2.05) is 49.4 Å². The largest absolute Gasteiger partial charge is 0.465 e. The smallest absolute Gasteiger partial charge is 0.316 e. The average molecular weight is 294 g/mol. The van der Waals surface area contributed by atoms with E-state index in [4.69, 9.17) is 4.74 Å². The summed E-state index contributed by atoms with van der Waals surface area (Å²) in [6.45, 7) is 2.24. The Morgan fingerprint density at radius 3 is 2.45 bits per heavy atom. The highest BCUT2D eigenvalue weighted by Crippen LogP contribution is 2.49. The third kappa shape index (κ3) is 2.54. The van der Waals surface area contributed by atoms with Gasteiger partial charge in [0, 0.05) is 5.56 Å². The molecule has 0 atom stereocenters. The van der Waals surface area contributed by atoms with E-state index in [1.54, 1.807) is 6.07 Å². The average Bonchev–Trinajstić information content (AvgIpc) is 3.37. The molecule has 2 aromatic carbocycles. The van der Waals surface area contributed by atoms with Crippen molar-refractivity contribution in [2.75, 3.05) is 6.61 Å². The molecule has 3 rings (SSSR count). The fourth-order valence-corrected chi connectivity index (χ4v) is 2.78. The highest BCUT2D eigenvalue weighted by Gasteiger charge is 2.52. The van der Waals surface area contributed by atoms with Crippen LogP contribution in [0.3, 0.4) is 0 Å². The van der Waals surface area contributed by atoms with Crippen LogP contribution >= 0.6 is 0 Å². The summed E-state index contributed by atoms with van der Waals surface area (Å²) in [5.74, 6) is -0.120. The molecule has 0 amide bonds. The zero-order valence-corrected chi connectivity index (χ0v) is 12.5. The van der Waals surface area contributed by atoms with Crippen LogP contribution in [0.1, 0.15) is 35.7 Å². The molecule has 0 saturated heterocycles. The van der Waals surface area contributed by atoms with Crippen LogP contribution in [0.5, 0.6) is 0 Å².